The minimum Gasteiger partial charge on any atom is -0.342 e. The van der Waals surface area contributed by atoms with Crippen LogP contribution in [0.5, 0.6) is 0 Å². The van der Waals surface area contributed by atoms with E-state index in [4.69, 9.17) is 0 Å². The molecule has 0 spiro atoms. The van der Waals surface area contributed by atoms with Crippen molar-refractivity contribution >= 4 is 23.2 Å². The lowest BCUT2D eigenvalue weighted by Gasteiger charge is -2.35. The third-order valence-electron chi connectivity index (χ3n) is 3.37. The van der Waals surface area contributed by atoms with Crippen LogP contribution in [-0.2, 0) is 4.79 Å². The van der Waals surface area contributed by atoms with Crippen LogP contribution in [0.25, 0.3) is 0 Å². The lowest BCUT2D eigenvalue weighted by atomic mass is 9.92. The molecule has 0 radical (unpaired) electrons. The topological polar surface area (TPSA) is 49.4 Å². The Hall–Kier alpha value is -1.36. The van der Waals surface area contributed by atoms with Crippen molar-refractivity contribution in [1.82, 2.24) is 10.2 Å². The SMILES string of the molecule is CC1CC(C)CN(C(=O)CNC(=O)c2cccs2)C1. The van der Waals surface area contributed by atoms with Crippen LogP contribution in [0.1, 0.15) is 29.9 Å². The number of amides is 2. The predicted octanol–water partition coefficient (Wildman–Crippen LogP) is 1.98. The van der Waals surface area contributed by atoms with Crippen LogP contribution in [0.3, 0.4) is 0 Å². The summed E-state index contributed by atoms with van der Waals surface area (Å²) in [6.07, 6.45) is 1.17. The van der Waals surface area contributed by atoms with Crippen LogP contribution in [0, 0.1) is 11.8 Å². The minimum atomic E-state index is -0.165. The Morgan fingerprint density at radius 1 is 1.37 bits per heavy atom. The van der Waals surface area contributed by atoms with Crippen LogP contribution in [-0.4, -0.2) is 36.3 Å². The van der Waals surface area contributed by atoms with Crippen molar-refractivity contribution < 1.29 is 9.59 Å². The molecule has 104 valence electrons. The molecule has 1 aromatic rings. The van der Waals surface area contributed by atoms with Gasteiger partial charge in [-0.25, -0.2) is 0 Å². The van der Waals surface area contributed by atoms with Crippen molar-refractivity contribution in [3.05, 3.63) is 22.4 Å². The fourth-order valence-corrected chi connectivity index (χ4v) is 3.27. The van der Waals surface area contributed by atoms with Gasteiger partial charge in [-0.1, -0.05) is 19.9 Å². The largest absolute Gasteiger partial charge is 0.342 e. The molecule has 1 aliphatic rings. The van der Waals surface area contributed by atoms with Gasteiger partial charge in [-0.15, -0.1) is 11.3 Å². The van der Waals surface area contributed by atoms with E-state index < -0.39 is 0 Å². The second-order valence-corrected chi connectivity index (χ2v) is 6.35. The van der Waals surface area contributed by atoms with Gasteiger partial charge in [0.2, 0.25) is 5.91 Å². The molecule has 4 nitrogen and oxygen atoms in total. The molecule has 1 N–H and O–H groups in total. The van der Waals surface area contributed by atoms with Crippen LogP contribution in [0.4, 0.5) is 0 Å². The lowest BCUT2D eigenvalue weighted by Crippen LogP contribution is -2.46. The van der Waals surface area contributed by atoms with Crippen LogP contribution in [0.2, 0.25) is 0 Å². The summed E-state index contributed by atoms with van der Waals surface area (Å²) in [6, 6.07) is 3.59. The highest BCUT2D eigenvalue weighted by atomic mass is 32.1. The number of piperidine rings is 1. The van der Waals surface area contributed by atoms with Gasteiger partial charge in [-0.2, -0.15) is 0 Å². The number of likely N-dealkylation sites (tertiary alicyclic amines) is 1. The number of carbonyl (C=O) groups is 2. The highest BCUT2D eigenvalue weighted by Crippen LogP contribution is 2.20. The van der Waals surface area contributed by atoms with E-state index in [0.717, 1.165) is 13.1 Å². The highest BCUT2D eigenvalue weighted by molar-refractivity contribution is 7.12. The molecule has 19 heavy (non-hydrogen) atoms. The van der Waals surface area contributed by atoms with Gasteiger partial charge in [0, 0.05) is 13.1 Å². The monoisotopic (exact) mass is 280 g/mol. The second-order valence-electron chi connectivity index (χ2n) is 5.40. The number of nitrogens with zero attached hydrogens (tertiary/aromatic N) is 1. The normalized spacial score (nSPS) is 23.2. The maximum Gasteiger partial charge on any atom is 0.261 e. The Bertz CT molecular complexity index is 434. The summed E-state index contributed by atoms with van der Waals surface area (Å²) < 4.78 is 0. The van der Waals surface area contributed by atoms with Gasteiger partial charge < -0.3 is 10.2 Å². The second kappa shape index (κ2) is 6.19. The van der Waals surface area contributed by atoms with Crippen LogP contribution < -0.4 is 5.32 Å². The maximum atomic E-state index is 12.1. The van der Waals surface area contributed by atoms with E-state index in [1.165, 1.54) is 17.8 Å². The van der Waals surface area contributed by atoms with E-state index in [2.05, 4.69) is 19.2 Å². The summed E-state index contributed by atoms with van der Waals surface area (Å²) in [4.78, 5) is 26.3. The van der Waals surface area contributed by atoms with E-state index in [1.54, 1.807) is 6.07 Å². The average molecular weight is 280 g/mol. The third-order valence-corrected chi connectivity index (χ3v) is 4.24. The van der Waals surface area contributed by atoms with Crippen molar-refractivity contribution in [3.63, 3.8) is 0 Å². The molecule has 1 saturated heterocycles. The zero-order valence-corrected chi connectivity index (χ0v) is 12.2. The smallest absolute Gasteiger partial charge is 0.261 e. The van der Waals surface area contributed by atoms with Gasteiger partial charge >= 0.3 is 0 Å². The van der Waals surface area contributed by atoms with E-state index >= 15 is 0 Å². The number of rotatable bonds is 3. The maximum absolute atomic E-state index is 12.1. The zero-order valence-electron chi connectivity index (χ0n) is 11.4. The van der Waals surface area contributed by atoms with Crippen molar-refractivity contribution in [2.24, 2.45) is 11.8 Å². The van der Waals surface area contributed by atoms with Gasteiger partial charge in [-0.3, -0.25) is 9.59 Å². The van der Waals surface area contributed by atoms with Crippen LogP contribution >= 0.6 is 11.3 Å². The summed E-state index contributed by atoms with van der Waals surface area (Å²) in [7, 11) is 0. The molecule has 0 bridgehead atoms. The van der Waals surface area contributed by atoms with E-state index in [9.17, 15) is 9.59 Å². The molecular weight excluding hydrogens is 260 g/mol. The Balaban J connectivity index is 1.82. The summed E-state index contributed by atoms with van der Waals surface area (Å²) in [6.45, 7) is 6.03. The highest BCUT2D eigenvalue weighted by Gasteiger charge is 2.25. The summed E-state index contributed by atoms with van der Waals surface area (Å²) >= 11 is 1.38. The van der Waals surface area contributed by atoms with Crippen molar-refractivity contribution in [2.45, 2.75) is 20.3 Å². The molecule has 2 heterocycles. The molecule has 2 amide bonds. The first kappa shape index (κ1) is 14.1. The fraction of sp³-hybridized carbons (Fsp3) is 0.571. The third kappa shape index (κ3) is 3.80. The summed E-state index contributed by atoms with van der Waals surface area (Å²) in [5.41, 5.74) is 0. The van der Waals surface area contributed by atoms with E-state index in [0.29, 0.717) is 16.7 Å². The number of hydrogen-bond donors (Lipinski definition) is 1. The van der Waals surface area contributed by atoms with Crippen molar-refractivity contribution in [3.8, 4) is 0 Å². The predicted molar refractivity (Wildman–Crippen MR) is 76.2 cm³/mol. The first-order valence-corrected chi connectivity index (χ1v) is 7.53. The average Bonchev–Trinajstić information content (AvgIpc) is 2.88. The Kier molecular flexibility index (Phi) is 4.58. The van der Waals surface area contributed by atoms with Crippen molar-refractivity contribution in [2.75, 3.05) is 19.6 Å². The molecule has 2 atom stereocenters. The van der Waals surface area contributed by atoms with Crippen molar-refractivity contribution in [1.29, 1.82) is 0 Å². The summed E-state index contributed by atoms with van der Waals surface area (Å²) in [5.74, 6) is 0.936. The first-order valence-electron chi connectivity index (χ1n) is 6.65. The Morgan fingerprint density at radius 3 is 2.63 bits per heavy atom. The number of hydrogen-bond acceptors (Lipinski definition) is 3. The van der Waals surface area contributed by atoms with Gasteiger partial charge in [0.1, 0.15) is 0 Å². The van der Waals surface area contributed by atoms with Gasteiger partial charge in [0.25, 0.3) is 5.91 Å². The first-order chi connectivity index (χ1) is 9.06. The van der Waals surface area contributed by atoms with Gasteiger partial charge in [0.15, 0.2) is 0 Å². The molecule has 1 aliphatic heterocycles. The summed E-state index contributed by atoms with van der Waals surface area (Å²) in [5, 5.41) is 4.54. The van der Waals surface area contributed by atoms with Gasteiger partial charge in [-0.05, 0) is 29.7 Å². The number of thiophene rings is 1. The molecule has 1 fully saturated rings. The molecule has 0 aliphatic carbocycles. The van der Waals surface area contributed by atoms with E-state index in [-0.39, 0.29) is 18.4 Å². The molecule has 2 unspecified atom stereocenters. The number of nitrogens with one attached hydrogen (secondary N) is 1. The van der Waals surface area contributed by atoms with Gasteiger partial charge in [0.05, 0.1) is 11.4 Å². The Labute approximate surface area is 117 Å². The fourth-order valence-electron chi connectivity index (χ4n) is 2.63. The van der Waals surface area contributed by atoms with E-state index in [1.807, 2.05) is 16.3 Å². The molecule has 2 rings (SSSR count). The standard InChI is InChI=1S/C14H20N2O2S/c1-10-6-11(2)9-16(8-10)13(17)7-15-14(18)12-4-3-5-19-12/h3-5,10-11H,6-9H2,1-2H3,(H,15,18). The molecule has 1 aromatic heterocycles. The van der Waals surface area contributed by atoms with Crippen LogP contribution in [0.15, 0.2) is 17.5 Å². The number of carbonyl (C=O) groups excluding carboxylic acids is 2. The Morgan fingerprint density at radius 2 is 2.05 bits per heavy atom. The molecular formula is C14H20N2O2S. The minimum absolute atomic E-state index is 0.0170. The molecule has 0 aromatic carbocycles. The molecule has 5 heteroatoms. The quantitative estimate of drug-likeness (QED) is 0.920. The molecule has 0 saturated carbocycles. The lowest BCUT2D eigenvalue weighted by molar-refractivity contribution is -0.132. The zero-order chi connectivity index (χ0) is 13.8.